The summed E-state index contributed by atoms with van der Waals surface area (Å²) in [5.41, 5.74) is 2.83. The van der Waals surface area contributed by atoms with Crippen molar-refractivity contribution in [3.63, 3.8) is 0 Å². The zero-order chi connectivity index (χ0) is 16.8. The van der Waals surface area contributed by atoms with E-state index in [0.717, 1.165) is 22.6 Å². The highest BCUT2D eigenvalue weighted by Gasteiger charge is 2.12. The fourth-order valence-electron chi connectivity index (χ4n) is 2.30. The molecule has 0 aliphatic heterocycles. The fraction of sp³-hybridized carbons (Fsp3) is 0.316. The summed E-state index contributed by atoms with van der Waals surface area (Å²) in [7, 11) is 1.63. The summed E-state index contributed by atoms with van der Waals surface area (Å²) in [6.07, 6.45) is 0. The predicted molar refractivity (Wildman–Crippen MR) is 91.3 cm³/mol. The molecule has 0 radical (unpaired) electrons. The molecule has 2 aromatic rings. The highest BCUT2D eigenvalue weighted by atomic mass is 16.5. The Labute approximate surface area is 137 Å². The molecule has 0 aromatic heterocycles. The van der Waals surface area contributed by atoms with Crippen molar-refractivity contribution in [3.05, 3.63) is 59.2 Å². The SMILES string of the molecule is COc1ccc(OC[C@@H](C)NC(=O)c2ccc(C)cc2C)cc1. The second-order valence-electron chi connectivity index (χ2n) is 5.68. The third kappa shape index (κ3) is 4.74. The van der Waals surface area contributed by atoms with E-state index in [2.05, 4.69) is 5.32 Å². The number of hydrogen-bond donors (Lipinski definition) is 1. The van der Waals surface area contributed by atoms with Gasteiger partial charge in [-0.2, -0.15) is 0 Å². The molecular formula is C19H23NO3. The van der Waals surface area contributed by atoms with Crippen molar-refractivity contribution in [1.82, 2.24) is 5.32 Å². The van der Waals surface area contributed by atoms with E-state index >= 15 is 0 Å². The molecule has 1 amide bonds. The van der Waals surface area contributed by atoms with Gasteiger partial charge in [-0.1, -0.05) is 17.7 Å². The van der Waals surface area contributed by atoms with Crippen LogP contribution in [-0.4, -0.2) is 25.7 Å². The number of carbonyl (C=O) groups excluding carboxylic acids is 1. The van der Waals surface area contributed by atoms with Crippen molar-refractivity contribution >= 4 is 5.91 Å². The van der Waals surface area contributed by atoms with Crippen LogP contribution in [0.25, 0.3) is 0 Å². The molecule has 4 heteroatoms. The van der Waals surface area contributed by atoms with Crippen LogP contribution in [-0.2, 0) is 0 Å². The van der Waals surface area contributed by atoms with Crippen LogP contribution in [0.5, 0.6) is 11.5 Å². The predicted octanol–water partition coefficient (Wildman–Crippen LogP) is 3.51. The van der Waals surface area contributed by atoms with Crippen LogP contribution < -0.4 is 14.8 Å². The van der Waals surface area contributed by atoms with Crippen LogP contribution in [0.4, 0.5) is 0 Å². The van der Waals surface area contributed by atoms with E-state index in [-0.39, 0.29) is 11.9 Å². The molecule has 23 heavy (non-hydrogen) atoms. The molecule has 4 nitrogen and oxygen atoms in total. The van der Waals surface area contributed by atoms with Gasteiger partial charge in [-0.15, -0.1) is 0 Å². The van der Waals surface area contributed by atoms with Crippen LogP contribution in [0, 0.1) is 13.8 Å². The van der Waals surface area contributed by atoms with E-state index in [0.29, 0.717) is 12.2 Å². The smallest absolute Gasteiger partial charge is 0.251 e. The molecule has 0 bridgehead atoms. The Morgan fingerprint density at radius 1 is 1.09 bits per heavy atom. The number of ether oxygens (including phenoxy) is 2. The third-order valence-corrected chi connectivity index (χ3v) is 3.56. The lowest BCUT2D eigenvalue weighted by molar-refractivity contribution is 0.0926. The van der Waals surface area contributed by atoms with Gasteiger partial charge in [0.05, 0.1) is 13.2 Å². The molecule has 0 fully saturated rings. The summed E-state index contributed by atoms with van der Waals surface area (Å²) < 4.78 is 10.8. The molecule has 1 N–H and O–H groups in total. The van der Waals surface area contributed by atoms with Crippen LogP contribution in [0.1, 0.15) is 28.4 Å². The van der Waals surface area contributed by atoms with Crippen LogP contribution in [0.15, 0.2) is 42.5 Å². The minimum absolute atomic E-state index is 0.0756. The van der Waals surface area contributed by atoms with Gasteiger partial charge in [-0.3, -0.25) is 4.79 Å². The van der Waals surface area contributed by atoms with Gasteiger partial charge in [-0.25, -0.2) is 0 Å². The van der Waals surface area contributed by atoms with Gasteiger partial charge in [0.15, 0.2) is 0 Å². The Kier molecular flexibility index (Phi) is 5.63. The summed E-state index contributed by atoms with van der Waals surface area (Å²) in [6.45, 7) is 6.29. The molecule has 0 spiro atoms. The van der Waals surface area contributed by atoms with Gasteiger partial charge in [-0.05, 0) is 56.7 Å². The maximum atomic E-state index is 12.3. The monoisotopic (exact) mass is 313 g/mol. The first-order valence-electron chi connectivity index (χ1n) is 7.64. The zero-order valence-electron chi connectivity index (χ0n) is 14.1. The molecule has 0 aliphatic carbocycles. The first-order valence-corrected chi connectivity index (χ1v) is 7.64. The third-order valence-electron chi connectivity index (χ3n) is 3.56. The van der Waals surface area contributed by atoms with Gasteiger partial charge < -0.3 is 14.8 Å². The Bertz CT molecular complexity index is 665. The number of rotatable bonds is 6. The number of carbonyl (C=O) groups is 1. The summed E-state index contributed by atoms with van der Waals surface area (Å²) >= 11 is 0. The van der Waals surface area contributed by atoms with Gasteiger partial charge in [0, 0.05) is 5.56 Å². The molecule has 2 aromatic carbocycles. The van der Waals surface area contributed by atoms with E-state index in [9.17, 15) is 4.79 Å². The summed E-state index contributed by atoms with van der Waals surface area (Å²) in [6, 6.07) is 13.1. The van der Waals surface area contributed by atoms with Gasteiger partial charge in [0.1, 0.15) is 18.1 Å². The molecule has 1 atom stereocenters. The van der Waals surface area contributed by atoms with Gasteiger partial charge in [0.25, 0.3) is 5.91 Å². The molecule has 0 unspecified atom stereocenters. The normalized spacial score (nSPS) is 11.7. The lowest BCUT2D eigenvalue weighted by atomic mass is 10.1. The van der Waals surface area contributed by atoms with E-state index < -0.39 is 0 Å². The second-order valence-corrected chi connectivity index (χ2v) is 5.68. The molecule has 122 valence electrons. The highest BCUT2D eigenvalue weighted by molar-refractivity contribution is 5.95. The standard InChI is InChI=1S/C19H23NO3/c1-13-5-10-18(14(2)11-13)19(21)20-15(3)12-23-17-8-6-16(22-4)7-9-17/h5-11,15H,12H2,1-4H3,(H,20,21)/t15-/m1/s1. The molecule has 2 rings (SSSR count). The van der Waals surface area contributed by atoms with Crippen molar-refractivity contribution in [3.8, 4) is 11.5 Å². The molecule has 0 aliphatic rings. The second kappa shape index (κ2) is 7.68. The summed E-state index contributed by atoms with van der Waals surface area (Å²) in [5, 5.41) is 2.96. The maximum absolute atomic E-state index is 12.3. The molecular weight excluding hydrogens is 290 g/mol. The molecule has 0 heterocycles. The van der Waals surface area contributed by atoms with Crippen LogP contribution in [0.3, 0.4) is 0 Å². The molecule has 0 saturated heterocycles. The van der Waals surface area contributed by atoms with Crippen molar-refractivity contribution < 1.29 is 14.3 Å². The average Bonchev–Trinajstić information content (AvgIpc) is 2.53. The lowest BCUT2D eigenvalue weighted by Gasteiger charge is -2.16. The van der Waals surface area contributed by atoms with Gasteiger partial charge >= 0.3 is 0 Å². The van der Waals surface area contributed by atoms with E-state index in [1.54, 1.807) is 7.11 Å². The number of amides is 1. The minimum atomic E-state index is -0.0923. The number of methoxy groups -OCH3 is 1. The topological polar surface area (TPSA) is 47.6 Å². The fourth-order valence-corrected chi connectivity index (χ4v) is 2.30. The largest absolute Gasteiger partial charge is 0.497 e. The first-order chi connectivity index (χ1) is 11.0. The van der Waals surface area contributed by atoms with Crippen molar-refractivity contribution in [1.29, 1.82) is 0 Å². The first kappa shape index (κ1) is 16.9. The Morgan fingerprint density at radius 2 is 1.74 bits per heavy atom. The van der Waals surface area contributed by atoms with E-state index in [1.165, 1.54) is 0 Å². The minimum Gasteiger partial charge on any atom is -0.497 e. The lowest BCUT2D eigenvalue weighted by Crippen LogP contribution is -2.37. The number of hydrogen-bond acceptors (Lipinski definition) is 3. The van der Waals surface area contributed by atoms with E-state index in [4.69, 9.17) is 9.47 Å². The quantitative estimate of drug-likeness (QED) is 0.888. The Morgan fingerprint density at radius 3 is 2.35 bits per heavy atom. The van der Waals surface area contributed by atoms with Crippen LogP contribution >= 0.6 is 0 Å². The highest BCUT2D eigenvalue weighted by Crippen LogP contribution is 2.17. The van der Waals surface area contributed by atoms with Crippen molar-refractivity contribution in [2.24, 2.45) is 0 Å². The van der Waals surface area contributed by atoms with Crippen LogP contribution in [0.2, 0.25) is 0 Å². The summed E-state index contributed by atoms with van der Waals surface area (Å²) in [5.74, 6) is 1.46. The maximum Gasteiger partial charge on any atom is 0.251 e. The number of nitrogens with one attached hydrogen (secondary N) is 1. The van der Waals surface area contributed by atoms with Crippen molar-refractivity contribution in [2.45, 2.75) is 26.8 Å². The van der Waals surface area contributed by atoms with Crippen molar-refractivity contribution in [2.75, 3.05) is 13.7 Å². The van der Waals surface area contributed by atoms with Gasteiger partial charge in [0.2, 0.25) is 0 Å². The number of aryl methyl sites for hydroxylation is 2. The Hall–Kier alpha value is -2.49. The molecule has 0 saturated carbocycles. The average molecular weight is 313 g/mol. The zero-order valence-corrected chi connectivity index (χ0v) is 14.1. The Balaban J connectivity index is 1.88. The summed E-state index contributed by atoms with van der Waals surface area (Å²) in [4.78, 5) is 12.3. The van der Waals surface area contributed by atoms with E-state index in [1.807, 2.05) is 63.2 Å². The number of benzene rings is 2.